The second-order valence-electron chi connectivity index (χ2n) is 12.0. The number of anilines is 2. The predicted octanol–water partition coefficient (Wildman–Crippen LogP) is 5.86. The molecule has 6 unspecified atom stereocenters. The lowest BCUT2D eigenvalue weighted by atomic mass is 9.56. The smallest absolute Gasteiger partial charge is 0.258 e. The lowest BCUT2D eigenvalue weighted by molar-refractivity contribution is -0.125. The lowest BCUT2D eigenvalue weighted by Crippen LogP contribution is -2.60. The maximum Gasteiger partial charge on any atom is 0.258 e. The molecule has 0 spiro atoms. The van der Waals surface area contributed by atoms with Gasteiger partial charge in [-0.25, -0.2) is 26.9 Å². The van der Waals surface area contributed by atoms with Gasteiger partial charge in [0.15, 0.2) is 33.0 Å². The molecule has 1 N–H and O–H groups in total. The summed E-state index contributed by atoms with van der Waals surface area (Å²) in [6.07, 6.45) is 0.847. The van der Waals surface area contributed by atoms with Crippen LogP contribution in [0.5, 0.6) is 11.5 Å². The van der Waals surface area contributed by atoms with E-state index >= 15 is 8.78 Å². The van der Waals surface area contributed by atoms with Gasteiger partial charge in [-0.1, -0.05) is 35.9 Å². The van der Waals surface area contributed by atoms with Gasteiger partial charge >= 0.3 is 0 Å². The fourth-order valence-corrected chi connectivity index (χ4v) is 8.57. The summed E-state index contributed by atoms with van der Waals surface area (Å²) in [5.74, 6) is -22.0. The van der Waals surface area contributed by atoms with E-state index in [1.54, 1.807) is 36.4 Å². The van der Waals surface area contributed by atoms with E-state index in [0.717, 1.165) is 11.0 Å². The van der Waals surface area contributed by atoms with Crippen molar-refractivity contribution in [3.8, 4) is 11.5 Å². The van der Waals surface area contributed by atoms with E-state index in [9.17, 15) is 37.5 Å². The predicted molar refractivity (Wildman–Crippen MR) is 160 cm³/mol. The standard InChI is InChI=1S/C33H21Cl2F5N2O6/c1-48-14-7-8-16(19(43)11-14)21-15-9-10-17-20(29(45)41(28(17)44)13-5-3-2-4-6-13)18(15)12-32(34)30(46)42(31(47)33(21,32)35)27-25(39)23(37)22(36)24(38)26(27)40/h2-9,11,17-18,20-21,43H,10,12H2,1H3. The number of carbonyl (C=O) groups excluding carboxylic acids is 4. The van der Waals surface area contributed by atoms with Gasteiger partial charge in [0.1, 0.15) is 17.2 Å². The Kier molecular flexibility index (Phi) is 7.19. The number of imide groups is 2. The van der Waals surface area contributed by atoms with Crippen molar-refractivity contribution in [1.29, 1.82) is 0 Å². The van der Waals surface area contributed by atoms with Crippen molar-refractivity contribution in [2.45, 2.75) is 28.5 Å². The van der Waals surface area contributed by atoms with Crippen molar-refractivity contribution < 1.29 is 51.0 Å². The second kappa shape index (κ2) is 10.8. The summed E-state index contributed by atoms with van der Waals surface area (Å²) in [7, 11) is 1.31. The number of rotatable bonds is 4. The number of carbonyl (C=O) groups is 4. The Morgan fingerprint density at radius 2 is 1.44 bits per heavy atom. The van der Waals surface area contributed by atoms with E-state index in [1.807, 2.05) is 0 Å². The van der Waals surface area contributed by atoms with Crippen molar-refractivity contribution in [2.24, 2.45) is 17.8 Å². The summed E-state index contributed by atoms with van der Waals surface area (Å²) in [5, 5.41) is 11.2. The molecule has 3 aromatic rings. The minimum atomic E-state index is -2.75. The van der Waals surface area contributed by atoms with E-state index in [1.165, 1.54) is 19.2 Å². The zero-order valence-corrected chi connectivity index (χ0v) is 26.0. The van der Waals surface area contributed by atoms with Crippen LogP contribution >= 0.6 is 23.2 Å². The summed E-state index contributed by atoms with van der Waals surface area (Å²) in [5.41, 5.74) is -1.52. The maximum atomic E-state index is 15.2. The third kappa shape index (κ3) is 3.94. The molecule has 3 fully saturated rings. The molecule has 1 saturated carbocycles. The number of phenols is 1. The normalized spacial score (nSPS) is 29.5. The summed E-state index contributed by atoms with van der Waals surface area (Å²) in [4.78, 5) is 51.5. The van der Waals surface area contributed by atoms with Gasteiger partial charge in [0.05, 0.1) is 24.6 Å². The summed E-state index contributed by atoms with van der Waals surface area (Å²) >= 11 is 14.2. The number of allylic oxidation sites excluding steroid dienone is 2. The number of amides is 4. The molecule has 7 rings (SSSR count). The van der Waals surface area contributed by atoms with Gasteiger partial charge in [0.2, 0.25) is 17.6 Å². The number of halogens is 7. The molecular weight excluding hydrogens is 686 g/mol. The molecule has 2 saturated heterocycles. The summed E-state index contributed by atoms with van der Waals surface area (Å²) < 4.78 is 78.2. The van der Waals surface area contributed by atoms with Crippen LogP contribution in [0.3, 0.4) is 0 Å². The van der Waals surface area contributed by atoms with Gasteiger partial charge in [0.25, 0.3) is 11.8 Å². The first-order valence-electron chi connectivity index (χ1n) is 14.5. The highest BCUT2D eigenvalue weighted by Crippen LogP contribution is 2.66. The number of hydrogen-bond donors (Lipinski definition) is 1. The highest BCUT2D eigenvalue weighted by Gasteiger charge is 2.77. The summed E-state index contributed by atoms with van der Waals surface area (Å²) in [6, 6.07) is 11.9. The average Bonchev–Trinajstić information content (AvgIpc) is 3.41. The third-order valence-corrected chi connectivity index (χ3v) is 11.2. The highest BCUT2D eigenvalue weighted by atomic mass is 35.5. The molecule has 4 amide bonds. The van der Waals surface area contributed by atoms with E-state index < -0.39 is 104 Å². The Morgan fingerprint density at radius 3 is 2.04 bits per heavy atom. The first-order valence-corrected chi connectivity index (χ1v) is 15.2. The van der Waals surface area contributed by atoms with Gasteiger partial charge < -0.3 is 9.84 Å². The Balaban J connectivity index is 1.45. The number of phenolic OH excluding ortho intramolecular Hbond substituents is 1. The number of alkyl halides is 2. The Morgan fingerprint density at radius 1 is 0.812 bits per heavy atom. The number of hydrogen-bond acceptors (Lipinski definition) is 6. The van der Waals surface area contributed by atoms with Crippen molar-refractivity contribution in [1.82, 2.24) is 0 Å². The van der Waals surface area contributed by atoms with E-state index in [0.29, 0.717) is 0 Å². The molecule has 2 aliphatic heterocycles. The van der Waals surface area contributed by atoms with Gasteiger partial charge in [0, 0.05) is 17.5 Å². The molecule has 0 bridgehead atoms. The molecule has 15 heteroatoms. The molecule has 2 heterocycles. The summed E-state index contributed by atoms with van der Waals surface area (Å²) in [6.45, 7) is 0. The Labute approximate surface area is 278 Å². The number of fused-ring (bicyclic) bond motifs is 4. The van der Waals surface area contributed by atoms with E-state index in [-0.39, 0.29) is 33.9 Å². The molecule has 3 aromatic carbocycles. The zero-order valence-electron chi connectivity index (χ0n) is 24.4. The minimum Gasteiger partial charge on any atom is -0.508 e. The number of methoxy groups -OCH3 is 1. The molecule has 0 radical (unpaired) electrons. The number of para-hydroxylation sites is 1. The van der Waals surface area contributed by atoms with Crippen LogP contribution in [-0.2, 0) is 19.2 Å². The van der Waals surface area contributed by atoms with Gasteiger partial charge in [-0.3, -0.25) is 24.1 Å². The topological polar surface area (TPSA) is 104 Å². The minimum absolute atomic E-state index is 0.0381. The van der Waals surface area contributed by atoms with Crippen LogP contribution in [0.2, 0.25) is 0 Å². The first-order chi connectivity index (χ1) is 22.7. The fraction of sp³-hybridized carbons (Fsp3) is 0.273. The number of nitrogens with zero attached hydrogens (tertiary/aromatic N) is 2. The second-order valence-corrected chi connectivity index (χ2v) is 13.2. The monoisotopic (exact) mass is 706 g/mol. The Bertz CT molecular complexity index is 1980. The van der Waals surface area contributed by atoms with Crippen molar-refractivity contribution in [3.63, 3.8) is 0 Å². The quantitative estimate of drug-likeness (QED) is 0.0910. The van der Waals surface area contributed by atoms with Gasteiger partial charge in [-0.2, -0.15) is 0 Å². The Hall–Kier alpha value is -4.49. The van der Waals surface area contributed by atoms with Crippen molar-refractivity contribution >= 4 is 58.2 Å². The van der Waals surface area contributed by atoms with Crippen LogP contribution in [0.25, 0.3) is 0 Å². The first kappa shape index (κ1) is 32.1. The van der Waals surface area contributed by atoms with Crippen LogP contribution in [0.4, 0.5) is 33.3 Å². The molecule has 0 aromatic heterocycles. The SMILES string of the molecule is COc1ccc(C2C3=CCC4C(=O)N(c5ccccc5)C(=O)C4C3CC3(Cl)C(=O)N(c4c(F)c(F)c(F)c(F)c4F)C(=O)C23Cl)c(O)c1. The van der Waals surface area contributed by atoms with Gasteiger partial charge in [-0.15, -0.1) is 23.2 Å². The van der Waals surface area contributed by atoms with E-state index in [2.05, 4.69) is 0 Å². The average molecular weight is 707 g/mol. The van der Waals surface area contributed by atoms with Crippen LogP contribution in [-0.4, -0.2) is 45.6 Å². The number of ether oxygens (including phenoxy) is 1. The molecule has 248 valence electrons. The molecular formula is C33H21Cl2F5N2O6. The molecule has 48 heavy (non-hydrogen) atoms. The fourth-order valence-electron chi connectivity index (χ4n) is 7.64. The van der Waals surface area contributed by atoms with Crippen LogP contribution < -0.4 is 14.5 Å². The molecule has 4 aliphatic rings. The van der Waals surface area contributed by atoms with Crippen molar-refractivity contribution in [2.75, 3.05) is 16.9 Å². The van der Waals surface area contributed by atoms with Crippen LogP contribution in [0.15, 0.2) is 60.2 Å². The third-order valence-electron chi connectivity index (χ3n) is 9.78. The maximum absolute atomic E-state index is 15.2. The van der Waals surface area contributed by atoms with Gasteiger partial charge in [-0.05, 0) is 37.0 Å². The van der Waals surface area contributed by atoms with E-state index in [4.69, 9.17) is 27.9 Å². The lowest BCUT2D eigenvalue weighted by Gasteiger charge is -2.50. The van der Waals surface area contributed by atoms with Crippen LogP contribution in [0, 0.1) is 46.8 Å². The van der Waals surface area contributed by atoms with Crippen LogP contribution in [0.1, 0.15) is 24.3 Å². The largest absolute Gasteiger partial charge is 0.508 e. The number of benzene rings is 3. The molecule has 8 nitrogen and oxygen atoms in total. The zero-order chi connectivity index (χ0) is 34.6. The van der Waals surface area contributed by atoms with Crippen molar-refractivity contribution in [3.05, 3.63) is 94.8 Å². The molecule has 6 atom stereocenters. The molecule has 2 aliphatic carbocycles. The number of aromatic hydroxyl groups is 1. The highest BCUT2D eigenvalue weighted by molar-refractivity contribution is 6.58.